The molecule has 3 rings (SSSR count). The lowest BCUT2D eigenvalue weighted by Gasteiger charge is -2.17. The standard InChI is InChI=1S/C22H25FN2O4S/c1-3-12-28-22(29-13-4-2)17-14-21(19-9-5-6-10-20(19)23)25(16-17)30(26,27)18-8-7-11-24-15-18/h5-11,14-16,22H,3-4,12-13H2,1-2H3. The Morgan fingerprint density at radius 2 is 1.77 bits per heavy atom. The Balaban J connectivity index is 2.16. The van der Waals surface area contributed by atoms with Crippen molar-refractivity contribution < 1.29 is 22.3 Å². The molecule has 0 fully saturated rings. The molecule has 0 spiro atoms. The van der Waals surface area contributed by atoms with Gasteiger partial charge in [-0.05, 0) is 43.2 Å². The monoisotopic (exact) mass is 432 g/mol. The molecular formula is C22H25FN2O4S. The van der Waals surface area contributed by atoms with Crippen molar-refractivity contribution in [1.29, 1.82) is 0 Å². The van der Waals surface area contributed by atoms with E-state index >= 15 is 0 Å². The maximum absolute atomic E-state index is 14.6. The van der Waals surface area contributed by atoms with Crippen LogP contribution in [0, 0.1) is 5.82 Å². The highest BCUT2D eigenvalue weighted by Gasteiger charge is 2.26. The summed E-state index contributed by atoms with van der Waals surface area (Å²) in [5.74, 6) is -0.523. The minimum Gasteiger partial charge on any atom is -0.348 e. The van der Waals surface area contributed by atoms with Gasteiger partial charge in [0, 0.05) is 42.9 Å². The van der Waals surface area contributed by atoms with Gasteiger partial charge in [0.05, 0.1) is 5.69 Å². The van der Waals surface area contributed by atoms with Crippen LogP contribution in [0.1, 0.15) is 38.5 Å². The van der Waals surface area contributed by atoms with Crippen LogP contribution in [0.15, 0.2) is 66.0 Å². The molecule has 0 aliphatic carbocycles. The average molecular weight is 433 g/mol. The fraction of sp³-hybridized carbons (Fsp3) is 0.318. The molecule has 0 unspecified atom stereocenters. The highest BCUT2D eigenvalue weighted by atomic mass is 32.2. The number of halogens is 1. The highest BCUT2D eigenvalue weighted by Crippen LogP contribution is 2.32. The van der Waals surface area contributed by atoms with Crippen molar-refractivity contribution in [1.82, 2.24) is 8.96 Å². The minimum atomic E-state index is -4.01. The molecule has 8 heteroatoms. The van der Waals surface area contributed by atoms with Crippen LogP contribution in [0.25, 0.3) is 11.3 Å². The quantitative estimate of drug-likeness (QED) is 0.431. The number of pyridine rings is 1. The Kier molecular flexibility index (Phi) is 7.36. The molecule has 3 aromatic rings. The molecule has 30 heavy (non-hydrogen) atoms. The molecule has 0 N–H and O–H groups in total. The smallest absolute Gasteiger partial charge is 0.269 e. The van der Waals surface area contributed by atoms with E-state index in [9.17, 15) is 12.8 Å². The van der Waals surface area contributed by atoms with E-state index in [0.717, 1.165) is 16.8 Å². The van der Waals surface area contributed by atoms with Crippen LogP contribution in [-0.4, -0.2) is 30.6 Å². The van der Waals surface area contributed by atoms with Crippen molar-refractivity contribution in [2.75, 3.05) is 13.2 Å². The summed E-state index contributed by atoms with van der Waals surface area (Å²) in [5, 5.41) is 0. The molecule has 0 saturated heterocycles. The van der Waals surface area contributed by atoms with Crippen LogP contribution >= 0.6 is 0 Å². The van der Waals surface area contributed by atoms with Gasteiger partial charge in [0.25, 0.3) is 10.0 Å². The zero-order valence-electron chi connectivity index (χ0n) is 17.0. The number of aromatic nitrogens is 2. The predicted octanol–water partition coefficient (Wildman–Crippen LogP) is 4.78. The molecule has 0 saturated carbocycles. The predicted molar refractivity (Wildman–Crippen MR) is 112 cm³/mol. The Morgan fingerprint density at radius 1 is 1.07 bits per heavy atom. The Bertz CT molecular complexity index is 1060. The second kappa shape index (κ2) is 9.97. The first kappa shape index (κ1) is 22.1. The van der Waals surface area contributed by atoms with Gasteiger partial charge in [-0.3, -0.25) is 4.98 Å². The maximum Gasteiger partial charge on any atom is 0.269 e. The van der Waals surface area contributed by atoms with Gasteiger partial charge in [0.1, 0.15) is 10.7 Å². The number of hydrogen-bond donors (Lipinski definition) is 0. The van der Waals surface area contributed by atoms with E-state index in [1.165, 1.54) is 36.8 Å². The first-order chi connectivity index (χ1) is 14.5. The van der Waals surface area contributed by atoms with E-state index in [-0.39, 0.29) is 16.2 Å². The van der Waals surface area contributed by atoms with Crippen molar-refractivity contribution in [2.45, 2.75) is 37.9 Å². The second-order valence-corrected chi connectivity index (χ2v) is 8.52. The van der Waals surface area contributed by atoms with Gasteiger partial charge in [0.2, 0.25) is 0 Å². The van der Waals surface area contributed by atoms with Gasteiger partial charge in [-0.1, -0.05) is 26.0 Å². The van der Waals surface area contributed by atoms with E-state index in [2.05, 4.69) is 4.98 Å². The van der Waals surface area contributed by atoms with E-state index in [1.54, 1.807) is 24.3 Å². The number of rotatable bonds is 10. The maximum atomic E-state index is 14.6. The lowest BCUT2D eigenvalue weighted by molar-refractivity contribution is -0.146. The summed E-state index contributed by atoms with van der Waals surface area (Å²) in [6, 6.07) is 10.6. The second-order valence-electron chi connectivity index (χ2n) is 6.70. The van der Waals surface area contributed by atoms with Crippen LogP contribution in [0.3, 0.4) is 0 Å². The molecular weight excluding hydrogens is 407 g/mol. The topological polar surface area (TPSA) is 70.4 Å². The summed E-state index contributed by atoms with van der Waals surface area (Å²) in [4.78, 5) is 3.91. The number of hydrogen-bond acceptors (Lipinski definition) is 5. The van der Waals surface area contributed by atoms with E-state index in [1.807, 2.05) is 13.8 Å². The van der Waals surface area contributed by atoms with E-state index in [4.69, 9.17) is 9.47 Å². The molecule has 0 bridgehead atoms. The Labute approximate surface area is 176 Å². The molecule has 0 aliphatic heterocycles. The fourth-order valence-corrected chi connectivity index (χ4v) is 4.30. The normalized spacial score (nSPS) is 11.9. The zero-order valence-corrected chi connectivity index (χ0v) is 17.8. The van der Waals surface area contributed by atoms with Gasteiger partial charge in [0.15, 0.2) is 6.29 Å². The van der Waals surface area contributed by atoms with Gasteiger partial charge in [-0.2, -0.15) is 0 Å². The lowest BCUT2D eigenvalue weighted by atomic mass is 10.1. The Hall–Kier alpha value is -2.55. The third kappa shape index (κ3) is 4.77. The fourth-order valence-electron chi connectivity index (χ4n) is 2.96. The van der Waals surface area contributed by atoms with Gasteiger partial charge in [-0.25, -0.2) is 16.8 Å². The van der Waals surface area contributed by atoms with Crippen LogP contribution in [0.5, 0.6) is 0 Å². The summed E-state index contributed by atoms with van der Waals surface area (Å²) in [7, 11) is -4.01. The molecule has 1 aromatic carbocycles. The van der Waals surface area contributed by atoms with Crippen LogP contribution in [0.4, 0.5) is 4.39 Å². The van der Waals surface area contributed by atoms with Crippen molar-refractivity contribution in [3.05, 3.63) is 72.4 Å². The molecule has 2 heterocycles. The van der Waals surface area contributed by atoms with Crippen LogP contribution in [-0.2, 0) is 19.5 Å². The summed E-state index contributed by atoms with van der Waals surface area (Å²) in [6.45, 7) is 4.84. The summed E-state index contributed by atoms with van der Waals surface area (Å²) < 4.78 is 53.9. The van der Waals surface area contributed by atoms with Crippen molar-refractivity contribution in [2.24, 2.45) is 0 Å². The highest BCUT2D eigenvalue weighted by molar-refractivity contribution is 7.90. The lowest BCUT2D eigenvalue weighted by Crippen LogP contribution is -2.14. The van der Waals surface area contributed by atoms with Gasteiger partial charge in [-0.15, -0.1) is 0 Å². The van der Waals surface area contributed by atoms with E-state index in [0.29, 0.717) is 18.8 Å². The Morgan fingerprint density at radius 3 is 2.37 bits per heavy atom. The van der Waals surface area contributed by atoms with E-state index < -0.39 is 22.1 Å². The molecule has 160 valence electrons. The largest absolute Gasteiger partial charge is 0.348 e. The molecule has 0 aliphatic rings. The summed E-state index contributed by atoms with van der Waals surface area (Å²) in [6.07, 6.45) is 4.99. The van der Waals surface area contributed by atoms with Crippen molar-refractivity contribution >= 4 is 10.0 Å². The molecule has 0 atom stereocenters. The number of nitrogens with zero attached hydrogens (tertiary/aromatic N) is 2. The first-order valence-corrected chi connectivity index (χ1v) is 11.3. The summed E-state index contributed by atoms with van der Waals surface area (Å²) >= 11 is 0. The third-order valence-corrected chi connectivity index (χ3v) is 6.02. The number of benzene rings is 1. The molecule has 2 aromatic heterocycles. The summed E-state index contributed by atoms with van der Waals surface area (Å²) in [5.41, 5.74) is 0.862. The SMILES string of the molecule is CCCOC(OCCC)c1cc(-c2ccccc2F)n(S(=O)(=O)c2cccnc2)c1. The van der Waals surface area contributed by atoms with Gasteiger partial charge >= 0.3 is 0 Å². The first-order valence-electron chi connectivity index (χ1n) is 9.85. The minimum absolute atomic E-state index is 0.00485. The van der Waals surface area contributed by atoms with Crippen molar-refractivity contribution in [3.63, 3.8) is 0 Å². The zero-order chi connectivity index (χ0) is 21.6. The molecule has 6 nitrogen and oxygen atoms in total. The van der Waals surface area contributed by atoms with Crippen molar-refractivity contribution in [3.8, 4) is 11.3 Å². The van der Waals surface area contributed by atoms with Crippen LogP contribution in [0.2, 0.25) is 0 Å². The number of ether oxygens (including phenoxy) is 2. The van der Waals surface area contributed by atoms with Crippen LogP contribution < -0.4 is 0 Å². The van der Waals surface area contributed by atoms with Gasteiger partial charge < -0.3 is 9.47 Å². The molecule has 0 amide bonds. The third-order valence-electron chi connectivity index (χ3n) is 4.37. The average Bonchev–Trinajstić information content (AvgIpc) is 3.21. The molecule has 0 radical (unpaired) electrons.